The molecule has 2 aromatic carbocycles. The first-order valence-electron chi connectivity index (χ1n) is 11.7. The Morgan fingerprint density at radius 3 is 2.73 bits per heavy atom. The predicted molar refractivity (Wildman–Crippen MR) is 139 cm³/mol. The maximum Gasteiger partial charge on any atom is 0.406 e. The lowest BCUT2D eigenvalue weighted by molar-refractivity contribution is 0.0844. The van der Waals surface area contributed by atoms with E-state index >= 15 is 4.39 Å². The average molecular weight is 572 g/mol. The molecule has 1 atom stereocenters. The number of aromatic nitrogens is 2. The molecule has 2 heterocycles. The number of hydrogen-bond acceptors (Lipinski definition) is 7. The number of hydrogen-bond donors (Lipinski definition) is 3. The van der Waals surface area contributed by atoms with E-state index in [9.17, 15) is 9.59 Å². The molecule has 4 rings (SSSR count). The monoisotopic (exact) mass is 571 g/mol. The minimum atomic E-state index is -0.735. The number of rotatable bonds is 7. The number of carbonyl (C=O) groups excluding carboxylic acids is 2. The summed E-state index contributed by atoms with van der Waals surface area (Å²) in [5, 5.41) is 5.35. The standard InChI is InChI=1S/C26H27BrFN5O4/c1-36-26(35)31-14-22(16-3-2-4-18(27)11-16)33-25(34)19-6-5-17(12-20(19)28)23-24(29)30-13-21(32-23)15-7-9-37-10-8-15/h2-6,11-13,15,22H,7-10,14H2,1H3,(H2,29,30)(H,31,35)(H,33,34). The van der Waals surface area contributed by atoms with E-state index < -0.39 is 23.9 Å². The van der Waals surface area contributed by atoms with Crippen LogP contribution in [0.3, 0.4) is 0 Å². The molecule has 0 saturated carbocycles. The molecule has 1 aromatic heterocycles. The maximum atomic E-state index is 15.2. The Balaban J connectivity index is 1.56. The van der Waals surface area contributed by atoms with E-state index in [0.29, 0.717) is 30.0 Å². The van der Waals surface area contributed by atoms with Gasteiger partial charge in [0.05, 0.1) is 30.6 Å². The van der Waals surface area contributed by atoms with Gasteiger partial charge in [-0.05, 0) is 42.7 Å². The molecule has 1 aliphatic rings. The van der Waals surface area contributed by atoms with Crippen LogP contribution in [0, 0.1) is 5.82 Å². The SMILES string of the molecule is COC(=O)NCC(NC(=O)c1ccc(-c2nc(C3CCOCC3)cnc2N)cc1F)c1cccc(Br)c1. The van der Waals surface area contributed by atoms with Crippen LogP contribution < -0.4 is 16.4 Å². The molecule has 37 heavy (non-hydrogen) atoms. The highest BCUT2D eigenvalue weighted by Gasteiger charge is 2.22. The minimum Gasteiger partial charge on any atom is -0.453 e. The molecule has 3 aromatic rings. The molecule has 9 nitrogen and oxygen atoms in total. The summed E-state index contributed by atoms with van der Waals surface area (Å²) < 4.78 is 26.0. The van der Waals surface area contributed by atoms with E-state index in [0.717, 1.165) is 23.0 Å². The molecule has 2 amide bonds. The van der Waals surface area contributed by atoms with E-state index in [1.165, 1.54) is 19.2 Å². The maximum absolute atomic E-state index is 15.2. The van der Waals surface area contributed by atoms with Gasteiger partial charge in [-0.15, -0.1) is 0 Å². The highest BCUT2D eigenvalue weighted by molar-refractivity contribution is 9.10. The molecule has 1 aliphatic heterocycles. The summed E-state index contributed by atoms with van der Waals surface area (Å²) in [7, 11) is 1.25. The van der Waals surface area contributed by atoms with Gasteiger partial charge in [0.1, 0.15) is 17.3 Å². The Labute approximate surface area is 222 Å². The van der Waals surface area contributed by atoms with Crippen LogP contribution in [-0.2, 0) is 9.47 Å². The van der Waals surface area contributed by atoms with E-state index in [-0.39, 0.29) is 23.8 Å². The number of ether oxygens (including phenoxy) is 2. The summed E-state index contributed by atoms with van der Waals surface area (Å²) in [5.74, 6) is -1.00. The Kier molecular flexibility index (Phi) is 8.67. The Bertz CT molecular complexity index is 1290. The number of benzene rings is 2. The van der Waals surface area contributed by atoms with Crippen molar-refractivity contribution >= 4 is 33.7 Å². The van der Waals surface area contributed by atoms with Crippen molar-refractivity contribution in [3.63, 3.8) is 0 Å². The molecule has 194 valence electrons. The second-order valence-electron chi connectivity index (χ2n) is 8.56. The third-order valence-corrected chi connectivity index (χ3v) is 6.63. The second kappa shape index (κ2) is 12.1. The lowest BCUT2D eigenvalue weighted by Crippen LogP contribution is -2.38. The van der Waals surface area contributed by atoms with Gasteiger partial charge in [-0.25, -0.2) is 19.2 Å². The van der Waals surface area contributed by atoms with Crippen molar-refractivity contribution in [3.8, 4) is 11.3 Å². The van der Waals surface area contributed by atoms with Crippen LogP contribution in [0.2, 0.25) is 0 Å². The molecule has 4 N–H and O–H groups in total. The molecule has 0 radical (unpaired) electrons. The molecule has 1 fully saturated rings. The molecule has 11 heteroatoms. The first kappa shape index (κ1) is 26.5. The fraction of sp³-hybridized carbons (Fsp3) is 0.308. The summed E-state index contributed by atoms with van der Waals surface area (Å²) in [6.45, 7) is 1.35. The number of nitrogens with one attached hydrogen (secondary N) is 2. The number of anilines is 1. The highest BCUT2D eigenvalue weighted by atomic mass is 79.9. The van der Waals surface area contributed by atoms with Crippen LogP contribution in [0.4, 0.5) is 15.0 Å². The van der Waals surface area contributed by atoms with Gasteiger partial charge in [-0.2, -0.15) is 0 Å². The van der Waals surface area contributed by atoms with Gasteiger partial charge in [0.25, 0.3) is 5.91 Å². The number of amides is 2. The third-order valence-electron chi connectivity index (χ3n) is 6.14. The number of halogens is 2. The summed E-state index contributed by atoms with van der Waals surface area (Å²) in [6, 6.07) is 10.8. The number of nitrogens with zero attached hydrogens (tertiary/aromatic N) is 2. The fourth-order valence-corrected chi connectivity index (χ4v) is 4.55. The van der Waals surface area contributed by atoms with E-state index in [2.05, 4.69) is 41.3 Å². The van der Waals surface area contributed by atoms with E-state index in [4.69, 9.17) is 10.5 Å². The largest absolute Gasteiger partial charge is 0.453 e. The van der Waals surface area contributed by atoms with Crippen LogP contribution in [-0.4, -0.2) is 48.8 Å². The molecule has 0 spiro atoms. The van der Waals surface area contributed by atoms with E-state index in [1.807, 2.05) is 6.07 Å². The van der Waals surface area contributed by atoms with Gasteiger partial charge in [0.2, 0.25) is 0 Å². The summed E-state index contributed by atoms with van der Waals surface area (Å²) in [4.78, 5) is 33.6. The fourth-order valence-electron chi connectivity index (χ4n) is 4.13. The summed E-state index contributed by atoms with van der Waals surface area (Å²) in [6.07, 6.45) is 2.66. The van der Waals surface area contributed by atoms with Crippen LogP contribution >= 0.6 is 15.9 Å². The third kappa shape index (κ3) is 6.60. The Morgan fingerprint density at radius 1 is 1.24 bits per heavy atom. The molecular formula is C26H27BrFN5O4. The zero-order chi connectivity index (χ0) is 26.4. The van der Waals surface area contributed by atoms with Gasteiger partial charge < -0.3 is 25.8 Å². The van der Waals surface area contributed by atoms with Crippen molar-refractivity contribution in [2.24, 2.45) is 0 Å². The minimum absolute atomic E-state index is 0.0414. The van der Waals surface area contributed by atoms with Crippen LogP contribution in [0.5, 0.6) is 0 Å². The number of nitrogen functional groups attached to an aromatic ring is 1. The van der Waals surface area contributed by atoms with Gasteiger partial charge in [0.15, 0.2) is 0 Å². The number of methoxy groups -OCH3 is 1. The quantitative estimate of drug-likeness (QED) is 0.384. The summed E-state index contributed by atoms with van der Waals surface area (Å²) in [5.41, 5.74) is 8.18. The first-order valence-corrected chi connectivity index (χ1v) is 12.5. The number of carbonyl (C=O) groups is 2. The van der Waals surface area contributed by atoms with Gasteiger partial charge in [0, 0.05) is 35.7 Å². The van der Waals surface area contributed by atoms with Crippen molar-refractivity contribution in [1.82, 2.24) is 20.6 Å². The molecule has 1 unspecified atom stereocenters. The highest BCUT2D eigenvalue weighted by Crippen LogP contribution is 2.30. The normalized spacial score (nSPS) is 14.6. The first-order chi connectivity index (χ1) is 17.9. The zero-order valence-corrected chi connectivity index (χ0v) is 21.8. The topological polar surface area (TPSA) is 128 Å². The molecule has 1 saturated heterocycles. The molecule has 0 aliphatic carbocycles. The molecule has 0 bridgehead atoms. The van der Waals surface area contributed by atoms with Crippen molar-refractivity contribution in [2.45, 2.75) is 24.8 Å². The van der Waals surface area contributed by atoms with Crippen molar-refractivity contribution < 1.29 is 23.5 Å². The van der Waals surface area contributed by atoms with Crippen molar-refractivity contribution in [3.05, 3.63) is 75.8 Å². The van der Waals surface area contributed by atoms with Gasteiger partial charge >= 0.3 is 6.09 Å². The van der Waals surface area contributed by atoms with Gasteiger partial charge in [-0.1, -0.05) is 34.1 Å². The van der Waals surface area contributed by atoms with Crippen LogP contribution in [0.15, 0.2) is 53.1 Å². The number of alkyl carbamates (subject to hydrolysis) is 1. The van der Waals surface area contributed by atoms with Crippen LogP contribution in [0.25, 0.3) is 11.3 Å². The smallest absolute Gasteiger partial charge is 0.406 e. The second-order valence-corrected chi connectivity index (χ2v) is 9.48. The predicted octanol–water partition coefficient (Wildman–Crippen LogP) is 4.35. The Morgan fingerprint density at radius 2 is 2.03 bits per heavy atom. The van der Waals surface area contributed by atoms with E-state index in [1.54, 1.807) is 30.5 Å². The van der Waals surface area contributed by atoms with Crippen molar-refractivity contribution in [1.29, 1.82) is 0 Å². The Hall–Kier alpha value is -3.57. The van der Waals surface area contributed by atoms with Crippen molar-refractivity contribution in [2.75, 3.05) is 32.6 Å². The lowest BCUT2D eigenvalue weighted by Gasteiger charge is -2.22. The van der Waals surface area contributed by atoms with Gasteiger partial charge in [-0.3, -0.25) is 4.79 Å². The lowest BCUT2D eigenvalue weighted by atomic mass is 9.96. The van der Waals surface area contributed by atoms with Crippen LogP contribution in [0.1, 0.15) is 46.4 Å². The average Bonchev–Trinajstić information content (AvgIpc) is 2.91. The number of nitrogens with two attached hydrogens (primary N) is 1. The summed E-state index contributed by atoms with van der Waals surface area (Å²) >= 11 is 3.40. The molecular weight excluding hydrogens is 545 g/mol. The zero-order valence-electron chi connectivity index (χ0n) is 20.2.